The van der Waals surface area contributed by atoms with Gasteiger partial charge in [-0.3, -0.25) is 10.1 Å². The zero-order chi connectivity index (χ0) is 14.8. The van der Waals surface area contributed by atoms with E-state index in [4.69, 9.17) is 9.15 Å². The fourth-order valence-corrected chi connectivity index (χ4v) is 2.33. The Labute approximate surface area is 120 Å². The average Bonchev–Trinajstić information content (AvgIpc) is 3.08. The highest BCUT2D eigenvalue weighted by Crippen LogP contribution is 2.27. The summed E-state index contributed by atoms with van der Waals surface area (Å²) >= 11 is 0. The molecule has 21 heavy (non-hydrogen) atoms. The first-order valence-electron chi connectivity index (χ1n) is 6.63. The quantitative estimate of drug-likeness (QED) is 0.531. The van der Waals surface area contributed by atoms with Gasteiger partial charge in [-0.25, -0.2) is 0 Å². The lowest BCUT2D eigenvalue weighted by Gasteiger charge is -2.06. The molecule has 0 aliphatic rings. The van der Waals surface area contributed by atoms with Gasteiger partial charge in [0, 0.05) is 11.6 Å². The Kier molecular flexibility index (Phi) is 3.35. The molecule has 2 aromatic heterocycles. The number of ether oxygens (including phenoxy) is 1. The zero-order valence-corrected chi connectivity index (χ0v) is 11.5. The largest absolute Gasteiger partial charge is 0.493 e. The van der Waals surface area contributed by atoms with Gasteiger partial charge >= 0.3 is 5.88 Å². The number of hydrogen-bond donors (Lipinski definition) is 0. The highest BCUT2D eigenvalue weighted by atomic mass is 16.6. The Morgan fingerprint density at radius 3 is 2.86 bits per heavy atom. The molecule has 6 nitrogen and oxygen atoms in total. The van der Waals surface area contributed by atoms with Gasteiger partial charge in [-0.2, -0.15) is 0 Å². The number of hydrogen-bond acceptors (Lipinski definition) is 4. The standard InChI is InChI=1S/C15H14N2O4/c1-2-20-14-5-3-4-13-12(14)8-9-16(13)10-11-6-7-15(21-11)17(18)19/h3-9H,2,10H2,1H3. The Balaban J connectivity index is 1.93. The normalized spacial score (nSPS) is 10.9. The van der Waals surface area contributed by atoms with Crippen LogP contribution in [0.2, 0.25) is 0 Å². The summed E-state index contributed by atoms with van der Waals surface area (Å²) < 4.78 is 12.8. The number of furan rings is 1. The lowest BCUT2D eigenvalue weighted by Crippen LogP contribution is -1.97. The van der Waals surface area contributed by atoms with Crippen molar-refractivity contribution in [1.29, 1.82) is 0 Å². The van der Waals surface area contributed by atoms with Crippen molar-refractivity contribution in [2.24, 2.45) is 0 Å². The maximum atomic E-state index is 10.6. The molecule has 0 radical (unpaired) electrons. The molecule has 3 aromatic rings. The van der Waals surface area contributed by atoms with Gasteiger partial charge in [0.15, 0.2) is 0 Å². The third kappa shape index (κ3) is 2.47. The Bertz CT molecular complexity index is 788. The molecule has 0 N–H and O–H groups in total. The smallest absolute Gasteiger partial charge is 0.433 e. The molecule has 0 saturated carbocycles. The van der Waals surface area contributed by atoms with E-state index in [2.05, 4.69) is 0 Å². The third-order valence-electron chi connectivity index (χ3n) is 3.23. The average molecular weight is 286 g/mol. The maximum Gasteiger partial charge on any atom is 0.433 e. The number of benzene rings is 1. The van der Waals surface area contributed by atoms with Crippen LogP contribution in [0.4, 0.5) is 5.88 Å². The molecule has 0 bridgehead atoms. The minimum absolute atomic E-state index is 0.239. The Morgan fingerprint density at radius 2 is 2.14 bits per heavy atom. The predicted octanol–water partition coefficient (Wildman–Crippen LogP) is 3.59. The topological polar surface area (TPSA) is 70.4 Å². The molecule has 0 unspecified atom stereocenters. The second kappa shape index (κ2) is 5.32. The van der Waals surface area contributed by atoms with Crippen LogP contribution in [0, 0.1) is 10.1 Å². The summed E-state index contributed by atoms with van der Waals surface area (Å²) in [6, 6.07) is 10.8. The van der Waals surface area contributed by atoms with Gasteiger partial charge in [-0.05, 0) is 31.2 Å². The highest BCUT2D eigenvalue weighted by Gasteiger charge is 2.13. The van der Waals surface area contributed by atoms with Crippen LogP contribution in [0.1, 0.15) is 12.7 Å². The van der Waals surface area contributed by atoms with Crippen molar-refractivity contribution >= 4 is 16.8 Å². The van der Waals surface area contributed by atoms with Crippen molar-refractivity contribution in [1.82, 2.24) is 4.57 Å². The van der Waals surface area contributed by atoms with E-state index in [1.54, 1.807) is 6.07 Å². The van der Waals surface area contributed by atoms with Gasteiger partial charge in [0.05, 0.1) is 24.7 Å². The Hall–Kier alpha value is -2.76. The van der Waals surface area contributed by atoms with Crippen molar-refractivity contribution in [2.75, 3.05) is 6.61 Å². The minimum Gasteiger partial charge on any atom is -0.493 e. The molecule has 0 aliphatic carbocycles. The van der Waals surface area contributed by atoms with Gasteiger partial charge in [-0.15, -0.1) is 0 Å². The van der Waals surface area contributed by atoms with Gasteiger partial charge in [0.1, 0.15) is 16.4 Å². The number of rotatable bonds is 5. The van der Waals surface area contributed by atoms with Crippen LogP contribution in [0.5, 0.6) is 5.75 Å². The van der Waals surface area contributed by atoms with E-state index in [0.29, 0.717) is 18.9 Å². The second-order valence-electron chi connectivity index (χ2n) is 4.56. The van der Waals surface area contributed by atoms with E-state index in [1.807, 2.05) is 42.0 Å². The predicted molar refractivity (Wildman–Crippen MR) is 77.6 cm³/mol. The molecular weight excluding hydrogens is 272 g/mol. The summed E-state index contributed by atoms with van der Waals surface area (Å²) in [6.45, 7) is 2.99. The van der Waals surface area contributed by atoms with Crippen molar-refractivity contribution < 1.29 is 14.1 Å². The van der Waals surface area contributed by atoms with E-state index in [9.17, 15) is 10.1 Å². The van der Waals surface area contributed by atoms with Crippen molar-refractivity contribution in [3.63, 3.8) is 0 Å². The molecule has 0 saturated heterocycles. The summed E-state index contributed by atoms with van der Waals surface area (Å²) in [7, 11) is 0. The highest BCUT2D eigenvalue weighted by molar-refractivity contribution is 5.86. The molecule has 0 atom stereocenters. The summed E-state index contributed by atoms with van der Waals surface area (Å²) in [5, 5.41) is 11.6. The van der Waals surface area contributed by atoms with Crippen molar-refractivity contribution in [3.05, 3.63) is 58.5 Å². The lowest BCUT2D eigenvalue weighted by molar-refractivity contribution is -0.402. The van der Waals surface area contributed by atoms with Gasteiger partial charge in [0.2, 0.25) is 0 Å². The summed E-state index contributed by atoms with van der Waals surface area (Å²) in [5.74, 6) is 1.14. The van der Waals surface area contributed by atoms with E-state index in [0.717, 1.165) is 16.7 Å². The number of nitrogens with zero attached hydrogens (tertiary/aromatic N) is 2. The van der Waals surface area contributed by atoms with E-state index >= 15 is 0 Å². The Morgan fingerprint density at radius 1 is 1.29 bits per heavy atom. The van der Waals surface area contributed by atoms with E-state index < -0.39 is 4.92 Å². The van der Waals surface area contributed by atoms with Gasteiger partial charge < -0.3 is 13.7 Å². The lowest BCUT2D eigenvalue weighted by atomic mass is 10.2. The summed E-state index contributed by atoms with van der Waals surface area (Å²) in [6.07, 6.45) is 1.92. The van der Waals surface area contributed by atoms with Crippen LogP contribution in [0.25, 0.3) is 10.9 Å². The van der Waals surface area contributed by atoms with Crippen molar-refractivity contribution in [3.8, 4) is 5.75 Å². The number of nitro groups is 1. The van der Waals surface area contributed by atoms with Crippen LogP contribution < -0.4 is 4.74 Å². The molecular formula is C15H14N2O4. The first-order valence-corrected chi connectivity index (χ1v) is 6.63. The molecule has 2 heterocycles. The molecule has 0 amide bonds. The summed E-state index contributed by atoms with van der Waals surface area (Å²) in [5.41, 5.74) is 1.00. The van der Waals surface area contributed by atoms with Crippen LogP contribution in [0.3, 0.4) is 0 Å². The van der Waals surface area contributed by atoms with Crippen LogP contribution in [0.15, 0.2) is 47.0 Å². The summed E-state index contributed by atoms with van der Waals surface area (Å²) in [4.78, 5) is 10.1. The fourth-order valence-electron chi connectivity index (χ4n) is 2.33. The van der Waals surface area contributed by atoms with Crippen LogP contribution in [-0.2, 0) is 6.54 Å². The first-order chi connectivity index (χ1) is 10.2. The van der Waals surface area contributed by atoms with Crippen molar-refractivity contribution in [2.45, 2.75) is 13.5 Å². The second-order valence-corrected chi connectivity index (χ2v) is 4.56. The maximum absolute atomic E-state index is 10.6. The van der Waals surface area contributed by atoms with Crippen LogP contribution in [-0.4, -0.2) is 16.1 Å². The third-order valence-corrected chi connectivity index (χ3v) is 3.23. The number of aromatic nitrogens is 1. The molecule has 6 heteroatoms. The van der Waals surface area contributed by atoms with E-state index in [-0.39, 0.29) is 5.88 Å². The SMILES string of the molecule is CCOc1cccc2c1ccn2Cc1ccc([N+](=O)[O-])o1. The molecule has 1 aromatic carbocycles. The molecule has 0 aliphatic heterocycles. The zero-order valence-electron chi connectivity index (χ0n) is 11.5. The molecule has 3 rings (SSSR count). The van der Waals surface area contributed by atoms with E-state index in [1.165, 1.54) is 6.07 Å². The molecule has 108 valence electrons. The van der Waals surface area contributed by atoms with Crippen LogP contribution >= 0.6 is 0 Å². The molecule has 0 fully saturated rings. The minimum atomic E-state index is -0.537. The van der Waals surface area contributed by atoms with Gasteiger partial charge in [0.25, 0.3) is 0 Å². The first kappa shape index (κ1) is 13.2. The number of fused-ring (bicyclic) bond motifs is 1. The van der Waals surface area contributed by atoms with Gasteiger partial charge in [-0.1, -0.05) is 6.07 Å². The molecule has 0 spiro atoms. The monoisotopic (exact) mass is 286 g/mol. The fraction of sp³-hybridized carbons (Fsp3) is 0.200.